The SMILES string of the molecule is CC1CCCC(C)C12NC(=O)N(CC(O)COCc1ccc(Cl)cc1)C2=O. The molecule has 2 N–H and O–H groups in total. The fourth-order valence-electron chi connectivity index (χ4n) is 4.28. The smallest absolute Gasteiger partial charge is 0.325 e. The van der Waals surface area contributed by atoms with Crippen molar-refractivity contribution in [3.63, 3.8) is 0 Å². The maximum Gasteiger partial charge on any atom is 0.325 e. The van der Waals surface area contributed by atoms with Crippen LogP contribution in [0.4, 0.5) is 4.79 Å². The summed E-state index contributed by atoms with van der Waals surface area (Å²) in [5.74, 6) is -0.0500. The van der Waals surface area contributed by atoms with Gasteiger partial charge in [0, 0.05) is 5.02 Å². The standard InChI is InChI=1S/C20H27ClN2O4/c1-13-4-3-5-14(2)20(13)18(25)23(19(26)22-20)10-17(24)12-27-11-15-6-8-16(21)9-7-15/h6-9,13-14,17,24H,3-5,10-12H2,1-2H3,(H,22,26). The summed E-state index contributed by atoms with van der Waals surface area (Å²) in [7, 11) is 0. The molecule has 1 aliphatic carbocycles. The van der Waals surface area contributed by atoms with Gasteiger partial charge in [-0.2, -0.15) is 0 Å². The van der Waals surface area contributed by atoms with Gasteiger partial charge in [-0.15, -0.1) is 0 Å². The van der Waals surface area contributed by atoms with Crippen LogP contribution >= 0.6 is 11.6 Å². The van der Waals surface area contributed by atoms with E-state index >= 15 is 0 Å². The predicted molar refractivity (Wildman–Crippen MR) is 102 cm³/mol. The van der Waals surface area contributed by atoms with Crippen molar-refractivity contribution in [1.82, 2.24) is 10.2 Å². The number of urea groups is 1. The highest BCUT2D eigenvalue weighted by molar-refractivity contribution is 6.30. The lowest BCUT2D eigenvalue weighted by molar-refractivity contribution is -0.137. The summed E-state index contributed by atoms with van der Waals surface area (Å²) < 4.78 is 5.52. The first-order valence-corrected chi connectivity index (χ1v) is 9.86. The molecule has 3 amide bonds. The minimum atomic E-state index is -0.934. The van der Waals surface area contributed by atoms with Crippen LogP contribution in [0.2, 0.25) is 5.02 Å². The van der Waals surface area contributed by atoms with E-state index in [-0.39, 0.29) is 30.9 Å². The van der Waals surface area contributed by atoms with Crippen LogP contribution < -0.4 is 5.32 Å². The number of aliphatic hydroxyl groups excluding tert-OH is 1. The minimum absolute atomic E-state index is 0.0395. The lowest BCUT2D eigenvalue weighted by atomic mass is 9.67. The van der Waals surface area contributed by atoms with Gasteiger partial charge in [0.2, 0.25) is 0 Å². The van der Waals surface area contributed by atoms with Gasteiger partial charge >= 0.3 is 6.03 Å². The first kappa shape index (κ1) is 20.1. The van der Waals surface area contributed by atoms with Crippen molar-refractivity contribution in [2.45, 2.75) is 51.4 Å². The molecule has 0 aromatic heterocycles. The van der Waals surface area contributed by atoms with Gasteiger partial charge in [0.25, 0.3) is 5.91 Å². The number of rotatable bonds is 6. The Morgan fingerprint density at radius 1 is 1.26 bits per heavy atom. The van der Waals surface area contributed by atoms with E-state index in [9.17, 15) is 14.7 Å². The molecule has 1 aromatic rings. The maximum absolute atomic E-state index is 13.1. The summed E-state index contributed by atoms with van der Waals surface area (Å²) in [6.45, 7) is 4.34. The van der Waals surface area contributed by atoms with Gasteiger partial charge in [0.05, 0.1) is 25.9 Å². The number of nitrogens with zero attached hydrogens (tertiary/aromatic N) is 1. The summed E-state index contributed by atoms with van der Waals surface area (Å²) in [6.07, 6.45) is 1.96. The zero-order valence-electron chi connectivity index (χ0n) is 15.8. The lowest BCUT2D eigenvalue weighted by Crippen LogP contribution is -2.59. The molecule has 6 nitrogen and oxygen atoms in total. The fraction of sp³-hybridized carbons (Fsp3) is 0.600. The Morgan fingerprint density at radius 3 is 2.52 bits per heavy atom. The van der Waals surface area contributed by atoms with E-state index in [1.165, 1.54) is 0 Å². The molecule has 1 saturated carbocycles. The average molecular weight is 395 g/mol. The van der Waals surface area contributed by atoms with Crippen LogP contribution in [0.15, 0.2) is 24.3 Å². The molecule has 1 spiro atoms. The van der Waals surface area contributed by atoms with Gasteiger partial charge in [-0.3, -0.25) is 9.69 Å². The number of halogens is 1. The highest BCUT2D eigenvalue weighted by Gasteiger charge is 2.58. The molecule has 7 heteroatoms. The van der Waals surface area contributed by atoms with Crippen LogP contribution in [0.25, 0.3) is 0 Å². The topological polar surface area (TPSA) is 78.9 Å². The van der Waals surface area contributed by atoms with Crippen LogP contribution in [0, 0.1) is 11.8 Å². The number of imide groups is 1. The summed E-state index contributed by atoms with van der Waals surface area (Å²) in [6, 6.07) is 6.83. The molecule has 3 unspecified atom stereocenters. The van der Waals surface area contributed by atoms with Gasteiger partial charge in [-0.25, -0.2) is 4.79 Å². The average Bonchev–Trinajstić information content (AvgIpc) is 2.87. The van der Waals surface area contributed by atoms with Crippen molar-refractivity contribution >= 4 is 23.5 Å². The number of carbonyl (C=O) groups is 2. The van der Waals surface area contributed by atoms with E-state index in [4.69, 9.17) is 16.3 Å². The van der Waals surface area contributed by atoms with E-state index in [1.807, 2.05) is 26.0 Å². The maximum atomic E-state index is 13.1. The highest BCUT2D eigenvalue weighted by atomic mass is 35.5. The molecule has 2 aliphatic rings. The second-order valence-corrected chi connectivity index (χ2v) is 8.18. The summed E-state index contributed by atoms with van der Waals surface area (Å²) in [4.78, 5) is 26.6. The Morgan fingerprint density at radius 2 is 1.89 bits per heavy atom. The summed E-state index contributed by atoms with van der Waals surface area (Å²) in [5.41, 5.74) is 0.101. The van der Waals surface area contributed by atoms with Gasteiger partial charge in [0.15, 0.2) is 0 Å². The Balaban J connectivity index is 1.56. The van der Waals surface area contributed by atoms with Crippen molar-refractivity contribution < 1.29 is 19.4 Å². The summed E-state index contributed by atoms with van der Waals surface area (Å²) >= 11 is 5.84. The first-order valence-electron chi connectivity index (χ1n) is 9.49. The van der Waals surface area contributed by atoms with Crippen LogP contribution in [0.5, 0.6) is 0 Å². The number of β-amino-alcohol motifs (C(OH)–C–C–N with tert-alkyl or cyclic N) is 1. The highest BCUT2D eigenvalue weighted by Crippen LogP contribution is 2.42. The number of benzene rings is 1. The Hall–Kier alpha value is -1.63. The first-order chi connectivity index (χ1) is 12.8. The minimum Gasteiger partial charge on any atom is -0.389 e. The number of amides is 3. The number of aliphatic hydroxyl groups is 1. The predicted octanol–water partition coefficient (Wildman–Crippen LogP) is 2.96. The molecular formula is C20H27ClN2O4. The number of nitrogens with one attached hydrogen (secondary N) is 1. The molecule has 1 heterocycles. The lowest BCUT2D eigenvalue weighted by Gasteiger charge is -2.42. The molecular weight excluding hydrogens is 368 g/mol. The van der Waals surface area contributed by atoms with E-state index in [2.05, 4.69) is 5.32 Å². The molecule has 0 bridgehead atoms. The third kappa shape index (κ3) is 3.98. The van der Waals surface area contributed by atoms with Crippen molar-refractivity contribution in [1.29, 1.82) is 0 Å². The molecule has 3 rings (SSSR count). The Labute approximate surface area is 164 Å². The fourth-order valence-corrected chi connectivity index (χ4v) is 4.40. The number of hydrogen-bond donors (Lipinski definition) is 2. The molecule has 148 valence electrons. The van der Waals surface area contributed by atoms with E-state index < -0.39 is 17.7 Å². The zero-order valence-corrected chi connectivity index (χ0v) is 16.5. The number of hydrogen-bond acceptors (Lipinski definition) is 4. The van der Waals surface area contributed by atoms with Crippen molar-refractivity contribution in [3.05, 3.63) is 34.9 Å². The zero-order chi connectivity index (χ0) is 19.6. The Bertz CT molecular complexity index is 684. The molecule has 0 radical (unpaired) electrons. The largest absolute Gasteiger partial charge is 0.389 e. The summed E-state index contributed by atoms with van der Waals surface area (Å²) in [5, 5.41) is 13.9. The number of carbonyl (C=O) groups excluding carboxylic acids is 2. The third-order valence-corrected chi connectivity index (χ3v) is 6.12. The van der Waals surface area contributed by atoms with E-state index in [1.54, 1.807) is 12.1 Å². The van der Waals surface area contributed by atoms with Crippen LogP contribution in [-0.4, -0.2) is 46.7 Å². The molecule has 1 aromatic carbocycles. The van der Waals surface area contributed by atoms with Crippen LogP contribution in [0.3, 0.4) is 0 Å². The van der Waals surface area contributed by atoms with Gasteiger partial charge in [-0.1, -0.05) is 44.0 Å². The van der Waals surface area contributed by atoms with Crippen LogP contribution in [-0.2, 0) is 16.1 Å². The molecule has 1 aliphatic heterocycles. The van der Waals surface area contributed by atoms with Crippen molar-refractivity contribution in [2.75, 3.05) is 13.2 Å². The van der Waals surface area contributed by atoms with Gasteiger partial charge in [-0.05, 0) is 42.4 Å². The molecule has 1 saturated heterocycles. The molecule has 27 heavy (non-hydrogen) atoms. The quantitative estimate of drug-likeness (QED) is 0.727. The van der Waals surface area contributed by atoms with E-state index in [0.29, 0.717) is 11.6 Å². The van der Waals surface area contributed by atoms with Crippen LogP contribution in [0.1, 0.15) is 38.7 Å². The normalized spacial score (nSPS) is 29.3. The molecule has 3 atom stereocenters. The van der Waals surface area contributed by atoms with Gasteiger partial charge < -0.3 is 15.2 Å². The third-order valence-electron chi connectivity index (χ3n) is 5.87. The van der Waals surface area contributed by atoms with E-state index in [0.717, 1.165) is 29.7 Å². The van der Waals surface area contributed by atoms with Gasteiger partial charge in [0.1, 0.15) is 5.54 Å². The monoisotopic (exact) mass is 394 g/mol. The molecule has 2 fully saturated rings. The van der Waals surface area contributed by atoms with Crippen molar-refractivity contribution in [3.8, 4) is 0 Å². The Kier molecular flexibility index (Phi) is 6.08. The number of ether oxygens (including phenoxy) is 1. The second-order valence-electron chi connectivity index (χ2n) is 7.74. The van der Waals surface area contributed by atoms with Crippen molar-refractivity contribution in [2.24, 2.45) is 11.8 Å². The second kappa shape index (κ2) is 8.17.